The van der Waals surface area contributed by atoms with Crippen molar-refractivity contribution in [3.8, 4) is 0 Å². The second-order valence-electron chi connectivity index (χ2n) is 33.7. The number of pyridine rings is 4. The molecule has 18 rings (SSSR count). The summed E-state index contributed by atoms with van der Waals surface area (Å²) < 4.78 is 95.2. The minimum atomic E-state index is -5.08. The Labute approximate surface area is 672 Å². The van der Waals surface area contributed by atoms with Crippen LogP contribution in [-0.2, 0) is 25.3 Å². The third kappa shape index (κ3) is 19.3. The van der Waals surface area contributed by atoms with Gasteiger partial charge in [-0.2, -0.15) is 13.2 Å². The van der Waals surface area contributed by atoms with Crippen molar-refractivity contribution in [2.75, 3.05) is 46.6 Å². The lowest BCUT2D eigenvalue weighted by Crippen LogP contribution is -2.41. The van der Waals surface area contributed by atoms with Crippen molar-refractivity contribution in [2.45, 2.75) is 184 Å². The number of carbonyl (C=O) groups excluding carboxylic acids is 6. The van der Waals surface area contributed by atoms with E-state index >= 15 is 0 Å². The second kappa shape index (κ2) is 32.5. The molecule has 6 aliphatic carbocycles. The molecule has 10 atom stereocenters. The number of alkyl halides is 3. The van der Waals surface area contributed by atoms with Gasteiger partial charge in [-0.15, -0.1) is 0 Å². The summed E-state index contributed by atoms with van der Waals surface area (Å²) in [6.07, 6.45) is 3.44. The van der Waals surface area contributed by atoms with Crippen LogP contribution in [0.2, 0.25) is 0 Å². The Kier molecular flexibility index (Phi) is 22.8. The van der Waals surface area contributed by atoms with Gasteiger partial charge in [0.1, 0.15) is 34.5 Å². The Morgan fingerprint density at radius 1 is 0.444 bits per heavy atom. The molecule has 117 heavy (non-hydrogen) atoms. The number of halogens is 7. The summed E-state index contributed by atoms with van der Waals surface area (Å²) >= 11 is 0. The molecule has 0 saturated heterocycles. The molecule has 6 saturated carbocycles. The summed E-state index contributed by atoms with van der Waals surface area (Å²) in [6.45, 7) is 18.5. The molecule has 10 aliphatic rings. The minimum Gasteiger partial charge on any atom is -0.475 e. The number of aliphatic carboxylic acids is 1. The summed E-state index contributed by atoms with van der Waals surface area (Å²) in [7, 11) is 0. The maximum absolute atomic E-state index is 13.2. The molecule has 614 valence electrons. The predicted molar refractivity (Wildman–Crippen MR) is 422 cm³/mol. The van der Waals surface area contributed by atoms with Gasteiger partial charge in [-0.1, -0.05) is 13.8 Å². The van der Waals surface area contributed by atoms with Crippen molar-refractivity contribution in [1.82, 2.24) is 41.2 Å². The van der Waals surface area contributed by atoms with Crippen LogP contribution in [0, 0.1) is 46.9 Å². The highest BCUT2D eigenvalue weighted by molar-refractivity contribution is 5.97. The molecule has 6 amide bonds. The lowest BCUT2D eigenvalue weighted by Gasteiger charge is -2.31. The number of carbonyl (C=O) groups is 7. The third-order valence-corrected chi connectivity index (χ3v) is 22.5. The zero-order chi connectivity index (χ0) is 83.4. The van der Waals surface area contributed by atoms with Gasteiger partial charge in [0.05, 0.1) is 91.5 Å². The predicted octanol–water partition coefficient (Wildman–Crippen LogP) is 16.9. The zero-order valence-corrected chi connectivity index (χ0v) is 66.0. The van der Waals surface area contributed by atoms with Gasteiger partial charge in [-0.3, -0.25) is 48.9 Å². The lowest BCUT2D eigenvalue weighted by atomic mass is 10.0. The SMILES string of the molecule is CC(C)(C)OC(=O)N1CC2CC2c2nc(C3(NC(=O)c4ccc(F)cc4)CC3)ccc21.CCC(NC(=O)c1ccc(F)cc1)c1ccc2c(n1)C1CC1CN2.CCC(NC(=O)c1ccc(F)cc1)c1ccc2c(n1)C1CC1CN2C(=O)OC(C)(C)C.O=C(NC1(c2ccc3c(n2)C2CC2CN3)CC1)c1ccc(F)cc1.O=C(O)C(F)(F)F. The summed E-state index contributed by atoms with van der Waals surface area (Å²) in [5.74, 6) is -0.962. The summed E-state index contributed by atoms with van der Waals surface area (Å²) in [6, 6.07) is 37.6. The first-order valence-corrected chi connectivity index (χ1v) is 39.7. The van der Waals surface area contributed by atoms with Crippen LogP contribution in [0.4, 0.5) is 63.1 Å². The number of amides is 6. The molecule has 29 heteroatoms. The van der Waals surface area contributed by atoms with Crippen molar-refractivity contribution in [3.05, 3.63) is 237 Å². The fourth-order valence-electron chi connectivity index (χ4n) is 15.4. The van der Waals surface area contributed by atoms with Gasteiger partial charge in [-0.05, 0) is 275 Å². The van der Waals surface area contributed by atoms with E-state index < -0.39 is 28.9 Å². The van der Waals surface area contributed by atoms with Gasteiger partial charge in [-0.25, -0.2) is 31.9 Å². The molecular formula is C88H93F7N12O10. The van der Waals surface area contributed by atoms with E-state index in [-0.39, 0.29) is 76.7 Å². The number of hydrogen-bond donors (Lipinski definition) is 7. The number of carboxylic acids is 1. The summed E-state index contributed by atoms with van der Waals surface area (Å²) in [5, 5.41) is 26.2. The Balaban J connectivity index is 0.000000126. The second-order valence-corrected chi connectivity index (χ2v) is 33.7. The van der Waals surface area contributed by atoms with Crippen molar-refractivity contribution in [3.63, 3.8) is 0 Å². The van der Waals surface area contributed by atoms with E-state index in [4.69, 9.17) is 39.3 Å². The van der Waals surface area contributed by atoms with Gasteiger partial charge in [0.15, 0.2) is 0 Å². The average Bonchev–Trinajstić information content (AvgIpc) is 1.58. The monoisotopic (exact) mass is 1610 g/mol. The first-order valence-electron chi connectivity index (χ1n) is 39.7. The van der Waals surface area contributed by atoms with E-state index in [0.717, 1.165) is 132 Å². The topological polar surface area (TPSA) is 288 Å². The maximum Gasteiger partial charge on any atom is 0.490 e. The van der Waals surface area contributed by atoms with Gasteiger partial charge < -0.3 is 46.5 Å². The molecule has 0 spiro atoms. The molecule has 6 fully saturated rings. The molecule has 10 unspecified atom stereocenters. The van der Waals surface area contributed by atoms with E-state index in [9.17, 15) is 59.5 Å². The molecular weight excluding hydrogens is 1520 g/mol. The number of nitrogens with zero attached hydrogens (tertiary/aromatic N) is 6. The average molecular weight is 1610 g/mol. The molecule has 4 aliphatic heterocycles. The molecule has 0 bridgehead atoms. The van der Waals surface area contributed by atoms with Crippen LogP contribution >= 0.6 is 0 Å². The van der Waals surface area contributed by atoms with Gasteiger partial charge in [0.25, 0.3) is 23.6 Å². The van der Waals surface area contributed by atoms with Crippen molar-refractivity contribution >= 4 is 64.5 Å². The standard InChI is InChI=1S/C24H26FN3O3.C24H28FN3O3.C19H18FN3O.C19H20FN3O.C2HF3O2/c1-23(2,3)31-22(30)28-13-15-12-17(15)20-18(28)8-9-19(26-20)24(10-11-24)27-21(29)14-4-6-16(25)7-5-14;1-5-18(27-22(29)14-6-8-16(25)9-7-14)19-10-11-20-21(26-19)17-12-15(17)13-28(20)23(30)31-24(2,3)4;20-13-3-1-11(2-4-13)18(24)23-19(7-8-19)16-6-5-15-17(22-16)14-9-12(14)10-21-15;1-2-15(23-19(24)11-3-5-13(20)6-4-11)16-7-8-17-18(22-16)14-9-12(14)10-21-17;3-2(4,5)1(6)7/h4-9,15,17H,10-13H2,1-3H3,(H,27,29);6-11,15,17-18H,5,12-13H2,1-4H3,(H,27,29);1-6,12,14,21H,7-10H2,(H,23,24);3-8,12,14-15,21H,2,9-10H2,1H3,(H,23,24);(H,6,7). The first kappa shape index (κ1) is 82.0. The van der Waals surface area contributed by atoms with Crippen molar-refractivity contribution < 1.29 is 78.9 Å². The zero-order valence-electron chi connectivity index (χ0n) is 66.0. The number of nitrogens with one attached hydrogen (secondary N) is 6. The molecule has 8 heterocycles. The van der Waals surface area contributed by atoms with Crippen LogP contribution in [0.3, 0.4) is 0 Å². The number of anilines is 4. The fourth-order valence-corrected chi connectivity index (χ4v) is 15.4. The molecule has 4 aromatic carbocycles. The van der Waals surface area contributed by atoms with E-state index in [1.165, 1.54) is 110 Å². The van der Waals surface area contributed by atoms with Crippen LogP contribution in [0.5, 0.6) is 0 Å². The maximum atomic E-state index is 13.2. The van der Waals surface area contributed by atoms with Gasteiger partial charge in [0, 0.05) is 72.1 Å². The van der Waals surface area contributed by atoms with Crippen LogP contribution in [0.25, 0.3) is 0 Å². The highest BCUT2D eigenvalue weighted by Crippen LogP contribution is 2.58. The Hall–Kier alpha value is -11.5. The highest BCUT2D eigenvalue weighted by atomic mass is 19.4. The number of carboxylic acid groups (broad SMARTS) is 1. The molecule has 7 N–H and O–H groups in total. The normalized spacial score (nSPS) is 21.7. The molecule has 0 radical (unpaired) electrons. The van der Waals surface area contributed by atoms with Crippen LogP contribution in [0.15, 0.2) is 146 Å². The number of fused-ring (bicyclic) bond motifs is 12. The lowest BCUT2D eigenvalue weighted by molar-refractivity contribution is -0.192. The van der Waals surface area contributed by atoms with Gasteiger partial charge in [0.2, 0.25) is 0 Å². The Morgan fingerprint density at radius 3 is 1.12 bits per heavy atom. The van der Waals surface area contributed by atoms with E-state index in [1.807, 2.05) is 91.8 Å². The first-order chi connectivity index (χ1) is 55.5. The van der Waals surface area contributed by atoms with Crippen LogP contribution in [0.1, 0.15) is 242 Å². The van der Waals surface area contributed by atoms with Crippen molar-refractivity contribution in [2.24, 2.45) is 23.7 Å². The number of hydrogen-bond acceptors (Lipinski definition) is 15. The molecule has 4 aromatic heterocycles. The van der Waals surface area contributed by atoms with Gasteiger partial charge >= 0.3 is 24.3 Å². The highest BCUT2D eigenvalue weighted by Gasteiger charge is 2.54. The quantitative estimate of drug-likeness (QED) is 0.0498. The van der Waals surface area contributed by atoms with E-state index in [2.05, 4.69) is 44.0 Å². The number of aromatic nitrogens is 4. The van der Waals surface area contributed by atoms with E-state index in [1.54, 1.807) is 9.80 Å². The van der Waals surface area contributed by atoms with Crippen LogP contribution < -0.4 is 41.7 Å². The van der Waals surface area contributed by atoms with E-state index in [0.29, 0.717) is 83.2 Å². The molecule has 8 aromatic rings. The Morgan fingerprint density at radius 2 is 0.752 bits per heavy atom. The number of benzene rings is 4. The fraction of sp³-hybridized carbons (Fsp3) is 0.420. The number of rotatable bonds is 14. The summed E-state index contributed by atoms with van der Waals surface area (Å²) in [5.41, 5.74) is 11.1. The largest absolute Gasteiger partial charge is 0.490 e. The Bertz CT molecular complexity index is 5110. The number of ether oxygens (including phenoxy) is 2. The van der Waals surface area contributed by atoms with Crippen LogP contribution in [-0.4, -0.2) is 110 Å². The smallest absolute Gasteiger partial charge is 0.475 e. The summed E-state index contributed by atoms with van der Waals surface area (Å²) in [4.78, 5) is 107. The third-order valence-electron chi connectivity index (χ3n) is 22.5. The van der Waals surface area contributed by atoms with Crippen molar-refractivity contribution in [1.29, 1.82) is 0 Å². The molecule has 22 nitrogen and oxygen atoms in total. The minimum absolute atomic E-state index is 0.146.